The van der Waals surface area contributed by atoms with Crippen LogP contribution in [0, 0.1) is 0 Å². The molecule has 0 aromatic heterocycles. The average Bonchev–Trinajstić information content (AvgIpc) is 2.74. The Hall–Kier alpha value is -2.94. The van der Waals surface area contributed by atoms with Gasteiger partial charge in [0.1, 0.15) is 11.5 Å². The molecule has 3 aromatic carbocycles. The number of halogens is 2. The highest BCUT2D eigenvalue weighted by atomic mass is 35.5. The maximum Gasteiger partial charge on any atom is 0.262 e. The van der Waals surface area contributed by atoms with E-state index < -0.39 is 15.9 Å². The number of hydrogen-bond acceptors (Lipinski definition) is 5. The van der Waals surface area contributed by atoms with E-state index in [1.54, 1.807) is 48.5 Å². The largest absolute Gasteiger partial charge is 0.497 e. The molecule has 3 rings (SSSR count). The van der Waals surface area contributed by atoms with E-state index in [0.717, 1.165) is 0 Å². The van der Waals surface area contributed by atoms with Crippen LogP contribution in [0.1, 0.15) is 0 Å². The maximum absolute atomic E-state index is 12.6. The number of sulfonamides is 1. The van der Waals surface area contributed by atoms with Crippen LogP contribution in [0.15, 0.2) is 71.6 Å². The molecule has 0 unspecified atom stereocenters. The molecule has 0 heterocycles. The number of amides is 1. The van der Waals surface area contributed by atoms with Crippen LogP contribution in [0.25, 0.3) is 0 Å². The van der Waals surface area contributed by atoms with Gasteiger partial charge >= 0.3 is 0 Å². The molecule has 0 bridgehead atoms. The summed E-state index contributed by atoms with van der Waals surface area (Å²) in [5, 5.41) is 3.21. The SMILES string of the molecule is COc1cccc(NC(=O)COc2ccc(S(=O)(=O)Nc3ccc(Cl)cc3)cc2Cl)c1. The molecule has 0 fully saturated rings. The average molecular weight is 481 g/mol. The fourth-order valence-corrected chi connectivity index (χ4v) is 4.05. The predicted molar refractivity (Wildman–Crippen MR) is 121 cm³/mol. The van der Waals surface area contributed by atoms with E-state index in [1.165, 1.54) is 25.3 Å². The predicted octanol–water partition coefficient (Wildman–Crippen LogP) is 4.82. The van der Waals surface area contributed by atoms with Crippen molar-refractivity contribution in [1.29, 1.82) is 0 Å². The standard InChI is InChI=1S/C21H18Cl2N2O5S/c1-29-17-4-2-3-16(11-17)24-21(26)13-30-20-10-9-18(12-19(20)23)31(27,28)25-15-7-5-14(22)6-8-15/h2-12,25H,13H2,1H3,(H,24,26). The van der Waals surface area contributed by atoms with E-state index >= 15 is 0 Å². The maximum atomic E-state index is 12.6. The number of nitrogens with one attached hydrogen (secondary N) is 2. The van der Waals surface area contributed by atoms with E-state index in [-0.39, 0.29) is 22.3 Å². The second-order valence-corrected chi connectivity index (χ2v) is 8.80. The Bertz CT molecular complexity index is 1180. The first kappa shape index (κ1) is 22.7. The van der Waals surface area contributed by atoms with Crippen molar-refractivity contribution in [2.45, 2.75) is 4.90 Å². The van der Waals surface area contributed by atoms with Gasteiger partial charge in [-0.05, 0) is 54.6 Å². The molecule has 0 spiro atoms. The van der Waals surface area contributed by atoms with Crippen molar-refractivity contribution in [1.82, 2.24) is 0 Å². The molecule has 162 valence electrons. The fraction of sp³-hybridized carbons (Fsp3) is 0.0952. The van der Waals surface area contributed by atoms with Gasteiger partial charge < -0.3 is 14.8 Å². The lowest BCUT2D eigenvalue weighted by Gasteiger charge is -2.12. The summed E-state index contributed by atoms with van der Waals surface area (Å²) < 4.78 is 38.1. The first-order chi connectivity index (χ1) is 14.8. The quantitative estimate of drug-likeness (QED) is 0.481. The van der Waals surface area contributed by atoms with Gasteiger partial charge in [-0.1, -0.05) is 29.3 Å². The van der Waals surface area contributed by atoms with Gasteiger partial charge in [0.25, 0.3) is 15.9 Å². The Morgan fingerprint density at radius 2 is 1.71 bits per heavy atom. The van der Waals surface area contributed by atoms with E-state index in [1.807, 2.05) is 0 Å². The van der Waals surface area contributed by atoms with Gasteiger partial charge in [-0.25, -0.2) is 8.42 Å². The third-order valence-corrected chi connectivity index (χ3v) is 5.95. The van der Waals surface area contributed by atoms with Crippen molar-refractivity contribution in [3.8, 4) is 11.5 Å². The van der Waals surface area contributed by atoms with Crippen LogP contribution >= 0.6 is 23.2 Å². The van der Waals surface area contributed by atoms with Gasteiger partial charge in [0.05, 0.1) is 17.0 Å². The minimum absolute atomic E-state index is 0.0492. The minimum Gasteiger partial charge on any atom is -0.497 e. The highest BCUT2D eigenvalue weighted by Crippen LogP contribution is 2.28. The first-order valence-electron chi connectivity index (χ1n) is 8.91. The smallest absolute Gasteiger partial charge is 0.262 e. The molecule has 1 amide bonds. The Labute approximate surface area is 189 Å². The van der Waals surface area contributed by atoms with Gasteiger partial charge in [0.2, 0.25) is 0 Å². The second-order valence-electron chi connectivity index (χ2n) is 6.27. The summed E-state index contributed by atoms with van der Waals surface area (Å²) in [6, 6.07) is 17.1. The molecule has 10 heteroatoms. The van der Waals surface area contributed by atoms with Crippen LogP contribution in [0.5, 0.6) is 11.5 Å². The van der Waals surface area contributed by atoms with Crippen molar-refractivity contribution in [3.05, 3.63) is 76.8 Å². The van der Waals surface area contributed by atoms with Crippen LogP contribution in [-0.2, 0) is 14.8 Å². The lowest BCUT2D eigenvalue weighted by molar-refractivity contribution is -0.118. The van der Waals surface area contributed by atoms with Gasteiger partial charge in [-0.15, -0.1) is 0 Å². The molecule has 3 aromatic rings. The summed E-state index contributed by atoms with van der Waals surface area (Å²) in [7, 11) is -2.34. The zero-order valence-electron chi connectivity index (χ0n) is 16.3. The molecule has 0 aliphatic heterocycles. The lowest BCUT2D eigenvalue weighted by Crippen LogP contribution is -2.20. The monoisotopic (exact) mass is 480 g/mol. The van der Waals surface area contributed by atoms with Gasteiger partial charge in [-0.3, -0.25) is 9.52 Å². The lowest BCUT2D eigenvalue weighted by atomic mass is 10.3. The van der Waals surface area contributed by atoms with Crippen molar-refractivity contribution in [3.63, 3.8) is 0 Å². The third-order valence-electron chi connectivity index (χ3n) is 4.02. The summed E-state index contributed by atoms with van der Waals surface area (Å²) in [4.78, 5) is 12.1. The van der Waals surface area contributed by atoms with E-state index in [9.17, 15) is 13.2 Å². The zero-order chi connectivity index (χ0) is 22.4. The third kappa shape index (κ3) is 6.27. The molecule has 31 heavy (non-hydrogen) atoms. The molecule has 2 N–H and O–H groups in total. The fourth-order valence-electron chi connectivity index (χ4n) is 2.54. The molecule has 0 aliphatic carbocycles. The number of carbonyl (C=O) groups is 1. The number of ether oxygens (including phenoxy) is 2. The molecule has 7 nitrogen and oxygen atoms in total. The number of methoxy groups -OCH3 is 1. The van der Waals surface area contributed by atoms with Crippen molar-refractivity contribution in [2.75, 3.05) is 23.8 Å². The number of anilines is 2. The van der Waals surface area contributed by atoms with Crippen LogP contribution in [0.2, 0.25) is 10.0 Å². The molecule has 0 aliphatic rings. The number of carbonyl (C=O) groups excluding carboxylic acids is 1. The summed E-state index contributed by atoms with van der Waals surface area (Å²) in [5.41, 5.74) is 0.906. The Morgan fingerprint density at radius 3 is 2.39 bits per heavy atom. The molecule has 0 saturated carbocycles. The molecular weight excluding hydrogens is 463 g/mol. The van der Waals surface area contributed by atoms with Crippen LogP contribution in [0.3, 0.4) is 0 Å². The van der Waals surface area contributed by atoms with Crippen LogP contribution < -0.4 is 19.5 Å². The second kappa shape index (κ2) is 9.91. The van der Waals surface area contributed by atoms with Gasteiger partial charge in [0.15, 0.2) is 6.61 Å². The van der Waals surface area contributed by atoms with E-state index in [4.69, 9.17) is 32.7 Å². The topological polar surface area (TPSA) is 93.7 Å². The van der Waals surface area contributed by atoms with Gasteiger partial charge in [-0.2, -0.15) is 0 Å². The molecular formula is C21H18Cl2N2O5S. The number of rotatable bonds is 8. The molecule has 0 saturated heterocycles. The van der Waals surface area contributed by atoms with Crippen molar-refractivity contribution < 1.29 is 22.7 Å². The van der Waals surface area contributed by atoms with E-state index in [0.29, 0.717) is 22.1 Å². The summed E-state index contributed by atoms with van der Waals surface area (Å²) >= 11 is 12.0. The Balaban J connectivity index is 1.63. The summed E-state index contributed by atoms with van der Waals surface area (Å²) in [6.07, 6.45) is 0. The molecule has 0 radical (unpaired) electrons. The summed E-state index contributed by atoms with van der Waals surface area (Å²) in [6.45, 7) is -0.313. The van der Waals surface area contributed by atoms with Crippen LogP contribution in [0.4, 0.5) is 11.4 Å². The molecule has 0 atom stereocenters. The normalized spacial score (nSPS) is 10.9. The van der Waals surface area contributed by atoms with E-state index in [2.05, 4.69) is 10.0 Å². The van der Waals surface area contributed by atoms with Crippen molar-refractivity contribution >= 4 is 50.5 Å². The number of benzene rings is 3. The van der Waals surface area contributed by atoms with Gasteiger partial charge in [0, 0.05) is 22.5 Å². The minimum atomic E-state index is -3.87. The van der Waals surface area contributed by atoms with Crippen molar-refractivity contribution in [2.24, 2.45) is 0 Å². The first-order valence-corrected chi connectivity index (χ1v) is 11.2. The Morgan fingerprint density at radius 1 is 0.968 bits per heavy atom. The Kier molecular flexibility index (Phi) is 7.27. The zero-order valence-corrected chi connectivity index (χ0v) is 18.6. The highest BCUT2D eigenvalue weighted by Gasteiger charge is 2.17. The van der Waals surface area contributed by atoms with Crippen LogP contribution in [-0.4, -0.2) is 28.0 Å². The highest BCUT2D eigenvalue weighted by molar-refractivity contribution is 7.92. The summed E-state index contributed by atoms with van der Waals surface area (Å²) in [5.74, 6) is 0.365. The number of hydrogen-bond donors (Lipinski definition) is 2.